The highest BCUT2D eigenvalue weighted by Crippen LogP contribution is 2.43. The summed E-state index contributed by atoms with van der Waals surface area (Å²) in [7, 11) is -0.696. The number of ether oxygens (including phenoxy) is 2. The van der Waals surface area contributed by atoms with Crippen molar-refractivity contribution in [3.05, 3.63) is 0 Å². The number of carbonyl (C=O) groups is 2. The maximum Gasteiger partial charge on any atom is 0.472 e. The molecule has 0 aromatic carbocycles. The Labute approximate surface area is 340 Å². The zero-order valence-electron chi connectivity index (χ0n) is 36.6. The van der Waals surface area contributed by atoms with Gasteiger partial charge in [-0.25, -0.2) is 4.57 Å². The van der Waals surface area contributed by atoms with Crippen molar-refractivity contribution in [2.75, 3.05) is 40.5 Å². The summed E-state index contributed by atoms with van der Waals surface area (Å²) < 4.78 is 33.5. The molecule has 2 unspecified atom stereocenters. The number of hydrogen-bond acceptors (Lipinski definition) is 8. The lowest BCUT2D eigenvalue weighted by atomic mass is 10.0. The van der Waals surface area contributed by atoms with Crippen molar-refractivity contribution in [2.45, 2.75) is 238 Å². The predicted molar refractivity (Wildman–Crippen MR) is 229 cm³/mol. The highest BCUT2D eigenvalue weighted by molar-refractivity contribution is 7.47. The third-order valence-corrected chi connectivity index (χ3v) is 11.4. The smallest absolute Gasteiger partial charge is 0.462 e. The molecular formula is C45H90NO8P. The first-order valence-corrected chi connectivity index (χ1v) is 24.8. The minimum Gasteiger partial charge on any atom is -0.462 e. The molecule has 0 radical (unpaired) electrons. The molecule has 0 aliphatic rings. The van der Waals surface area contributed by atoms with Crippen molar-refractivity contribution in [1.29, 1.82) is 0 Å². The Balaban J connectivity index is 4.19. The van der Waals surface area contributed by atoms with Crippen LogP contribution in [-0.2, 0) is 32.7 Å². The lowest BCUT2D eigenvalue weighted by Crippen LogP contribution is -2.29. The van der Waals surface area contributed by atoms with Gasteiger partial charge in [0, 0.05) is 19.4 Å². The van der Waals surface area contributed by atoms with Gasteiger partial charge in [0.1, 0.15) is 6.61 Å². The number of hydrogen-bond donors (Lipinski definition) is 1. The van der Waals surface area contributed by atoms with Crippen LogP contribution in [0.4, 0.5) is 0 Å². The molecule has 1 N–H and O–H groups in total. The summed E-state index contributed by atoms with van der Waals surface area (Å²) >= 11 is 0. The Morgan fingerprint density at radius 1 is 0.491 bits per heavy atom. The molecule has 0 fully saturated rings. The summed E-state index contributed by atoms with van der Waals surface area (Å²) in [4.78, 5) is 37.1. The van der Waals surface area contributed by atoms with Gasteiger partial charge >= 0.3 is 19.8 Å². The maximum absolute atomic E-state index is 12.7. The van der Waals surface area contributed by atoms with Crippen LogP contribution < -0.4 is 0 Å². The fourth-order valence-electron chi connectivity index (χ4n) is 6.81. The summed E-state index contributed by atoms with van der Waals surface area (Å²) in [6.45, 7) is 4.37. The SMILES string of the molecule is CCCCCCCCCCCCCCCCCCCC(=O)OCC(COP(=O)(O)OCCN(C)C)OC(=O)CCCCCCCCCCCCCCCCC. The number of phosphoric ester groups is 1. The molecule has 0 heterocycles. The van der Waals surface area contributed by atoms with E-state index >= 15 is 0 Å². The Kier molecular flexibility index (Phi) is 40.4. The fourth-order valence-corrected chi connectivity index (χ4v) is 7.55. The largest absolute Gasteiger partial charge is 0.472 e. The molecule has 0 spiro atoms. The number of nitrogens with zero attached hydrogens (tertiary/aromatic N) is 1. The van der Waals surface area contributed by atoms with E-state index in [1.165, 1.54) is 167 Å². The number of rotatable bonds is 44. The first kappa shape index (κ1) is 54.0. The van der Waals surface area contributed by atoms with Gasteiger partial charge in [0.05, 0.1) is 13.2 Å². The third kappa shape index (κ3) is 42.4. The number of phosphoric acid groups is 1. The molecule has 328 valence electrons. The van der Waals surface area contributed by atoms with Crippen LogP contribution in [0.15, 0.2) is 0 Å². The summed E-state index contributed by atoms with van der Waals surface area (Å²) in [5.41, 5.74) is 0. The average Bonchev–Trinajstić information content (AvgIpc) is 3.15. The van der Waals surface area contributed by atoms with Gasteiger partial charge in [-0.2, -0.15) is 0 Å². The zero-order valence-corrected chi connectivity index (χ0v) is 37.5. The molecule has 0 aromatic rings. The van der Waals surface area contributed by atoms with Gasteiger partial charge in [0.15, 0.2) is 6.10 Å². The van der Waals surface area contributed by atoms with Crippen LogP contribution in [0.1, 0.15) is 232 Å². The highest BCUT2D eigenvalue weighted by Gasteiger charge is 2.26. The van der Waals surface area contributed by atoms with Crippen molar-refractivity contribution in [3.63, 3.8) is 0 Å². The summed E-state index contributed by atoms with van der Waals surface area (Å²) in [5, 5.41) is 0. The van der Waals surface area contributed by atoms with Crippen molar-refractivity contribution in [2.24, 2.45) is 0 Å². The van der Waals surface area contributed by atoms with E-state index < -0.39 is 26.5 Å². The molecule has 10 heteroatoms. The minimum absolute atomic E-state index is 0.0127. The molecule has 9 nitrogen and oxygen atoms in total. The quantitative estimate of drug-likeness (QED) is 0.0365. The van der Waals surface area contributed by atoms with E-state index in [1.807, 2.05) is 19.0 Å². The van der Waals surface area contributed by atoms with Crippen molar-refractivity contribution >= 4 is 19.8 Å². The second-order valence-electron chi connectivity index (χ2n) is 16.3. The average molecular weight is 804 g/mol. The van der Waals surface area contributed by atoms with Crippen molar-refractivity contribution in [3.8, 4) is 0 Å². The van der Waals surface area contributed by atoms with Crippen LogP contribution in [0.5, 0.6) is 0 Å². The molecular weight excluding hydrogens is 713 g/mol. The third-order valence-electron chi connectivity index (χ3n) is 10.4. The normalized spacial score (nSPS) is 13.3. The van der Waals surface area contributed by atoms with Crippen LogP contribution in [0, 0.1) is 0 Å². The highest BCUT2D eigenvalue weighted by atomic mass is 31.2. The summed E-state index contributed by atoms with van der Waals surface area (Å²) in [6, 6.07) is 0. The van der Waals surface area contributed by atoms with E-state index in [0.717, 1.165) is 38.5 Å². The van der Waals surface area contributed by atoms with E-state index in [-0.39, 0.29) is 25.6 Å². The molecule has 55 heavy (non-hydrogen) atoms. The first-order valence-electron chi connectivity index (χ1n) is 23.3. The molecule has 0 saturated carbocycles. The molecule has 0 aliphatic carbocycles. The molecule has 2 atom stereocenters. The number of unbranched alkanes of at least 4 members (excludes halogenated alkanes) is 30. The van der Waals surface area contributed by atoms with Gasteiger partial charge in [-0.15, -0.1) is 0 Å². The van der Waals surface area contributed by atoms with Gasteiger partial charge in [-0.1, -0.05) is 206 Å². The van der Waals surface area contributed by atoms with Crippen molar-refractivity contribution < 1.29 is 37.6 Å². The fraction of sp³-hybridized carbons (Fsp3) is 0.956. The molecule has 0 amide bonds. The number of likely N-dealkylation sites (N-methyl/N-ethyl adjacent to an activating group) is 1. The van der Waals surface area contributed by atoms with Gasteiger partial charge < -0.3 is 19.3 Å². The molecule has 0 bridgehead atoms. The van der Waals surface area contributed by atoms with Gasteiger partial charge in [-0.3, -0.25) is 18.6 Å². The lowest BCUT2D eigenvalue weighted by molar-refractivity contribution is -0.161. The van der Waals surface area contributed by atoms with E-state index in [9.17, 15) is 19.0 Å². The van der Waals surface area contributed by atoms with Crippen molar-refractivity contribution in [1.82, 2.24) is 4.90 Å². The van der Waals surface area contributed by atoms with Gasteiger partial charge in [0.2, 0.25) is 0 Å². The second-order valence-corrected chi connectivity index (χ2v) is 17.8. The lowest BCUT2D eigenvalue weighted by Gasteiger charge is -2.20. The zero-order chi connectivity index (χ0) is 40.5. The molecule has 0 aromatic heterocycles. The molecule has 0 rings (SSSR count). The van der Waals surface area contributed by atoms with Crippen LogP contribution in [-0.4, -0.2) is 68.3 Å². The summed E-state index contributed by atoms with van der Waals surface area (Å²) in [5.74, 6) is -0.785. The van der Waals surface area contributed by atoms with E-state index in [0.29, 0.717) is 13.0 Å². The Hall–Kier alpha value is -0.990. The number of esters is 2. The Bertz CT molecular complexity index is 889. The monoisotopic (exact) mass is 804 g/mol. The Morgan fingerprint density at radius 3 is 1.16 bits per heavy atom. The number of carbonyl (C=O) groups excluding carboxylic acids is 2. The van der Waals surface area contributed by atoms with Crippen LogP contribution in [0.2, 0.25) is 0 Å². The van der Waals surface area contributed by atoms with Crippen LogP contribution in [0.3, 0.4) is 0 Å². The minimum atomic E-state index is -4.35. The summed E-state index contributed by atoms with van der Waals surface area (Å²) in [6.07, 6.45) is 40.0. The standard InChI is InChI=1S/C45H90NO8P/c1-5-7-9-11-13-15-17-19-21-22-24-25-27-29-31-33-35-37-44(47)51-41-43(42-53-55(49,50)52-40-39-46(3)4)54-45(48)38-36-34-32-30-28-26-23-20-18-16-14-12-10-8-6-2/h43H,5-42H2,1-4H3,(H,49,50). The second kappa shape index (κ2) is 41.2. The molecule has 0 saturated heterocycles. The topological polar surface area (TPSA) is 112 Å². The van der Waals surface area contributed by atoms with Gasteiger partial charge in [-0.05, 0) is 26.9 Å². The van der Waals surface area contributed by atoms with E-state index in [2.05, 4.69) is 13.8 Å². The van der Waals surface area contributed by atoms with Gasteiger partial charge in [0.25, 0.3) is 0 Å². The van der Waals surface area contributed by atoms with E-state index in [4.69, 9.17) is 18.5 Å². The Morgan fingerprint density at radius 2 is 0.818 bits per heavy atom. The predicted octanol–water partition coefficient (Wildman–Crippen LogP) is 13.4. The molecule has 0 aliphatic heterocycles. The van der Waals surface area contributed by atoms with Crippen LogP contribution in [0.25, 0.3) is 0 Å². The van der Waals surface area contributed by atoms with E-state index in [1.54, 1.807) is 0 Å². The van der Waals surface area contributed by atoms with Crippen LogP contribution >= 0.6 is 7.82 Å². The maximum atomic E-state index is 12.7. The first-order chi connectivity index (χ1) is 26.7.